The molecule has 0 radical (unpaired) electrons. The molecule has 0 aromatic carbocycles. The molecule has 6 heteroatoms. The molecule has 0 bridgehead atoms. The molecule has 41 heavy (non-hydrogen) atoms. The van der Waals surface area contributed by atoms with Crippen molar-refractivity contribution in [2.75, 3.05) is 26.7 Å². The molecule has 228 valence electrons. The fourth-order valence-corrected chi connectivity index (χ4v) is 12.1. The average molecular weight is 567 g/mol. The molecule has 3 unspecified atom stereocenters. The molecule has 0 spiro atoms. The number of aliphatic hydroxyl groups is 1. The highest BCUT2D eigenvalue weighted by Gasteiger charge is 2.71. The molecule has 6 aliphatic rings. The predicted molar refractivity (Wildman–Crippen MR) is 160 cm³/mol. The van der Waals surface area contributed by atoms with Crippen LogP contribution < -0.4 is 0 Å². The van der Waals surface area contributed by atoms with Gasteiger partial charge in [0.05, 0.1) is 18.1 Å². The van der Waals surface area contributed by atoms with Crippen LogP contribution in [0.2, 0.25) is 0 Å². The molecule has 5 aliphatic carbocycles. The number of allylic oxidation sites excluding steroid dienone is 1. The lowest BCUT2D eigenvalue weighted by Crippen LogP contribution is -2.66. The number of hydrogen-bond acceptors (Lipinski definition) is 4. The zero-order valence-corrected chi connectivity index (χ0v) is 26.9. The second-order valence-electron chi connectivity index (χ2n) is 16.7. The van der Waals surface area contributed by atoms with E-state index in [-0.39, 0.29) is 70.2 Å². The van der Waals surface area contributed by atoms with Crippen LogP contribution in [0.1, 0.15) is 106 Å². The second-order valence-corrected chi connectivity index (χ2v) is 16.7. The van der Waals surface area contributed by atoms with Crippen LogP contribution in [0.3, 0.4) is 0 Å². The number of rotatable bonds is 2. The van der Waals surface area contributed by atoms with Gasteiger partial charge in [-0.05, 0) is 108 Å². The maximum atomic E-state index is 14.6. The van der Waals surface area contributed by atoms with Gasteiger partial charge >= 0.3 is 0 Å². The van der Waals surface area contributed by atoms with Crippen LogP contribution in [0.4, 0.5) is 0 Å². The van der Waals surface area contributed by atoms with E-state index in [1.165, 1.54) is 5.57 Å². The summed E-state index contributed by atoms with van der Waals surface area (Å²) in [5.41, 5.74) is 1.55. The van der Waals surface area contributed by atoms with Gasteiger partial charge in [0.2, 0.25) is 11.8 Å². The van der Waals surface area contributed by atoms with Gasteiger partial charge in [-0.2, -0.15) is 0 Å². The topological polar surface area (TPSA) is 77.9 Å². The minimum absolute atomic E-state index is 0.00586. The van der Waals surface area contributed by atoms with Gasteiger partial charge in [-0.25, -0.2) is 0 Å². The molecule has 5 fully saturated rings. The van der Waals surface area contributed by atoms with Gasteiger partial charge in [-0.15, -0.1) is 0 Å². The van der Waals surface area contributed by atoms with Crippen molar-refractivity contribution in [2.24, 2.45) is 50.7 Å². The summed E-state index contributed by atoms with van der Waals surface area (Å²) < 4.78 is 0. The summed E-state index contributed by atoms with van der Waals surface area (Å²) in [6.07, 6.45) is 8.11. The molecular formula is C35H54N2O4. The quantitative estimate of drug-likeness (QED) is 0.470. The van der Waals surface area contributed by atoms with Crippen LogP contribution >= 0.6 is 0 Å². The van der Waals surface area contributed by atoms with Crippen molar-refractivity contribution in [3.63, 3.8) is 0 Å². The molecule has 1 saturated heterocycles. The van der Waals surface area contributed by atoms with Crippen LogP contribution in [0.15, 0.2) is 11.1 Å². The molecule has 1 heterocycles. The number of ketones is 1. The van der Waals surface area contributed by atoms with E-state index in [1.807, 2.05) is 0 Å². The van der Waals surface area contributed by atoms with Crippen molar-refractivity contribution in [2.45, 2.75) is 112 Å². The Morgan fingerprint density at radius 3 is 2.24 bits per heavy atom. The fraction of sp³-hybridized carbons (Fsp3) is 0.857. The highest BCUT2D eigenvalue weighted by molar-refractivity contribution is 6.07. The highest BCUT2D eigenvalue weighted by atomic mass is 16.3. The number of likely N-dealkylation sites (N-methyl/N-ethyl adjacent to an activating group) is 1. The van der Waals surface area contributed by atoms with Crippen LogP contribution in [0.5, 0.6) is 0 Å². The predicted octanol–water partition coefficient (Wildman–Crippen LogP) is 5.63. The van der Waals surface area contributed by atoms with Crippen LogP contribution in [-0.2, 0) is 14.4 Å². The molecule has 1 N–H and O–H groups in total. The Morgan fingerprint density at radius 2 is 1.59 bits per heavy atom. The second kappa shape index (κ2) is 9.16. The lowest BCUT2D eigenvalue weighted by Gasteiger charge is -2.72. The largest absolute Gasteiger partial charge is 0.393 e. The van der Waals surface area contributed by atoms with E-state index in [1.54, 1.807) is 16.8 Å². The van der Waals surface area contributed by atoms with Crippen LogP contribution in [0.25, 0.3) is 0 Å². The summed E-state index contributed by atoms with van der Waals surface area (Å²) in [6, 6.07) is 0. The number of aliphatic hydroxyl groups excluding tert-OH is 1. The standard InChI is InChI=1S/C35H54N2O4/c1-21(2)28-23(38)19-35(30(41)37-18-17-36(8)27(40)20-37)16-15-33(6)22(29(28)35)9-10-25-32(5)13-12-26(39)31(3,4)24(32)11-14-34(25,33)7/h21-22,24-26,39H,9-20H2,1-8H3/t22?,24?,25?,26-,32-,33+,34+,35+/m0/s1. The molecule has 8 atom stereocenters. The Bertz CT molecular complexity index is 1200. The van der Waals surface area contributed by atoms with Crippen molar-refractivity contribution < 1.29 is 19.5 Å². The zero-order valence-electron chi connectivity index (χ0n) is 26.9. The molecular weight excluding hydrogens is 512 g/mol. The van der Waals surface area contributed by atoms with E-state index < -0.39 is 5.41 Å². The Morgan fingerprint density at radius 1 is 0.878 bits per heavy atom. The van der Waals surface area contributed by atoms with Gasteiger partial charge in [0.25, 0.3) is 0 Å². The number of fused-ring (bicyclic) bond motifs is 7. The Hall–Kier alpha value is -1.69. The summed E-state index contributed by atoms with van der Waals surface area (Å²) in [7, 11) is 1.80. The number of carbonyl (C=O) groups is 3. The van der Waals surface area contributed by atoms with Gasteiger partial charge in [0, 0.05) is 26.6 Å². The summed E-state index contributed by atoms with van der Waals surface area (Å²) in [5.74, 6) is 1.57. The summed E-state index contributed by atoms with van der Waals surface area (Å²) in [6.45, 7) is 17.7. The molecule has 0 aromatic heterocycles. The fourth-order valence-electron chi connectivity index (χ4n) is 12.1. The van der Waals surface area contributed by atoms with Crippen molar-refractivity contribution in [3.05, 3.63) is 11.1 Å². The van der Waals surface area contributed by atoms with Crippen molar-refractivity contribution in [1.82, 2.24) is 9.80 Å². The Balaban J connectivity index is 1.42. The first-order chi connectivity index (χ1) is 19.0. The molecule has 0 aromatic rings. The van der Waals surface area contributed by atoms with Crippen molar-refractivity contribution in [1.29, 1.82) is 0 Å². The lowest BCUT2D eigenvalue weighted by atomic mass is 9.33. The first kappa shape index (κ1) is 29.4. The van der Waals surface area contributed by atoms with E-state index in [4.69, 9.17) is 0 Å². The normalized spacial score (nSPS) is 45.8. The lowest BCUT2D eigenvalue weighted by molar-refractivity contribution is -0.228. The minimum Gasteiger partial charge on any atom is -0.393 e. The zero-order chi connectivity index (χ0) is 29.9. The number of nitrogens with zero attached hydrogens (tertiary/aromatic N) is 2. The Kier molecular flexibility index (Phi) is 6.56. The van der Waals surface area contributed by atoms with Gasteiger partial charge in [0.15, 0.2) is 5.78 Å². The number of Topliss-reactive ketones (excluding diaryl/α,β-unsaturated/α-hetero) is 1. The molecule has 6 rings (SSSR count). The van der Waals surface area contributed by atoms with Crippen molar-refractivity contribution in [3.8, 4) is 0 Å². The number of piperazine rings is 1. The van der Waals surface area contributed by atoms with Gasteiger partial charge in [0.1, 0.15) is 0 Å². The van der Waals surface area contributed by atoms with E-state index in [9.17, 15) is 19.5 Å². The summed E-state index contributed by atoms with van der Waals surface area (Å²) in [5, 5.41) is 11.0. The molecule has 4 saturated carbocycles. The third-order valence-corrected chi connectivity index (χ3v) is 14.6. The first-order valence-electron chi connectivity index (χ1n) is 16.5. The molecule has 6 nitrogen and oxygen atoms in total. The minimum atomic E-state index is -0.779. The molecule has 1 aliphatic heterocycles. The molecule has 2 amide bonds. The third-order valence-electron chi connectivity index (χ3n) is 14.6. The first-order valence-corrected chi connectivity index (χ1v) is 16.5. The third kappa shape index (κ3) is 3.67. The van der Waals surface area contributed by atoms with Gasteiger partial charge in [-0.3, -0.25) is 14.4 Å². The van der Waals surface area contributed by atoms with E-state index in [2.05, 4.69) is 48.5 Å². The van der Waals surface area contributed by atoms with Gasteiger partial charge < -0.3 is 14.9 Å². The summed E-state index contributed by atoms with van der Waals surface area (Å²) in [4.78, 5) is 44.5. The number of carbonyl (C=O) groups excluding carboxylic acids is 3. The van der Waals surface area contributed by atoms with Crippen LogP contribution in [0, 0.1) is 50.7 Å². The maximum Gasteiger partial charge on any atom is 0.241 e. The van der Waals surface area contributed by atoms with Gasteiger partial charge in [-0.1, -0.05) is 48.5 Å². The van der Waals surface area contributed by atoms with E-state index >= 15 is 0 Å². The smallest absolute Gasteiger partial charge is 0.241 e. The SMILES string of the molecule is CC(C)C1=C2C3CCC4[C@@]5(C)CC[C@H](O)C(C)(C)C5CC[C@@]4(C)[C@]3(C)CC[C@@]2(C(=O)N2CCN(C)C(=O)C2)CC1=O. The Labute approximate surface area is 247 Å². The summed E-state index contributed by atoms with van der Waals surface area (Å²) >= 11 is 0. The van der Waals surface area contributed by atoms with Crippen LogP contribution in [-0.4, -0.2) is 65.3 Å². The monoisotopic (exact) mass is 566 g/mol. The van der Waals surface area contributed by atoms with Crippen molar-refractivity contribution >= 4 is 17.6 Å². The average Bonchev–Trinajstić information content (AvgIpc) is 3.21. The number of amides is 2. The van der Waals surface area contributed by atoms with E-state index in [0.717, 1.165) is 50.5 Å². The number of hydrogen-bond donors (Lipinski definition) is 1. The highest BCUT2D eigenvalue weighted by Crippen LogP contribution is 2.76. The maximum absolute atomic E-state index is 14.6. The van der Waals surface area contributed by atoms with E-state index in [0.29, 0.717) is 31.3 Å².